The fourth-order valence-electron chi connectivity index (χ4n) is 2.46. The summed E-state index contributed by atoms with van der Waals surface area (Å²) in [5.74, 6) is 0. The third kappa shape index (κ3) is 8.56. The van der Waals surface area contributed by atoms with Crippen molar-refractivity contribution in [3.05, 3.63) is 23.0 Å². The molecule has 0 saturated carbocycles. The molecule has 2 unspecified atom stereocenters. The number of phosphoric acid groups is 2. The van der Waals surface area contributed by atoms with Gasteiger partial charge in [-0.2, -0.15) is 0 Å². The number of aliphatic hydroxyl groups excluding tert-OH is 2. The molecule has 3 heterocycles. The Kier molecular flexibility index (Phi) is 15.1. The van der Waals surface area contributed by atoms with Gasteiger partial charge in [-0.25, -0.2) is 9.97 Å². The van der Waals surface area contributed by atoms with E-state index in [1.54, 1.807) is 0 Å². The topological polar surface area (TPSA) is 267 Å². The van der Waals surface area contributed by atoms with Crippen molar-refractivity contribution in [3.63, 3.8) is 0 Å². The predicted octanol–water partition coefficient (Wildman–Crippen LogP) is -13.7. The number of fused-ring (bicyclic) bond motifs is 1. The maximum absolute atomic E-state index is 11.6. The van der Waals surface area contributed by atoms with E-state index in [0.717, 1.165) is 17.2 Å². The van der Waals surface area contributed by atoms with E-state index in [4.69, 9.17) is 4.74 Å². The van der Waals surface area contributed by atoms with Gasteiger partial charge < -0.3 is 49.2 Å². The minimum atomic E-state index is -5.87. The molecule has 2 aromatic rings. The minimum Gasteiger partial charge on any atom is -0.790 e. The van der Waals surface area contributed by atoms with Crippen LogP contribution in [0, 0.1) is 0 Å². The Morgan fingerprint density at radius 3 is 2.35 bits per heavy atom. The second kappa shape index (κ2) is 13.5. The van der Waals surface area contributed by atoms with E-state index in [-0.39, 0.29) is 105 Å². The Hall–Kier alpha value is 1.45. The van der Waals surface area contributed by atoms with Crippen LogP contribution in [0.15, 0.2) is 17.4 Å². The molecule has 16 nitrogen and oxygen atoms in total. The van der Waals surface area contributed by atoms with Crippen molar-refractivity contribution < 1.29 is 142 Å². The zero-order chi connectivity index (χ0) is 20.0. The Balaban J connectivity index is 0. The van der Waals surface area contributed by atoms with Gasteiger partial charge in [-0.3, -0.25) is 18.2 Å². The van der Waals surface area contributed by atoms with Gasteiger partial charge >= 0.3 is 88.7 Å². The Bertz CT molecular complexity index is 1000. The zero-order valence-electron chi connectivity index (χ0n) is 16.5. The molecule has 31 heavy (non-hydrogen) atoms. The monoisotopic (exact) mass is 512 g/mol. The SMILES string of the molecule is O.O=c1[nH]cnc2c1ncn2[C@@H]1O[C@H](COP(=O)([O-])OP(=O)([O-])[O-])[C@H](O)C1O.[Na+].[Na+].[Na+]. The van der Waals surface area contributed by atoms with Gasteiger partial charge in [-0.1, -0.05) is 0 Å². The number of hydrogen-bond acceptors (Lipinski definition) is 13. The van der Waals surface area contributed by atoms with Crippen LogP contribution in [0.4, 0.5) is 0 Å². The summed E-state index contributed by atoms with van der Waals surface area (Å²) >= 11 is 0. The second-order valence-corrected chi connectivity index (χ2v) is 8.07. The van der Waals surface area contributed by atoms with Crippen molar-refractivity contribution in [3.8, 4) is 0 Å². The molecule has 0 bridgehead atoms. The largest absolute Gasteiger partial charge is 1.00 e. The second-order valence-electron chi connectivity index (χ2n) is 5.37. The Morgan fingerprint density at radius 1 is 1.16 bits per heavy atom. The van der Waals surface area contributed by atoms with Crippen LogP contribution < -0.4 is 109 Å². The van der Waals surface area contributed by atoms with Crippen molar-refractivity contribution in [1.29, 1.82) is 0 Å². The summed E-state index contributed by atoms with van der Waals surface area (Å²) in [5.41, 5.74) is -0.606. The van der Waals surface area contributed by atoms with E-state index >= 15 is 0 Å². The van der Waals surface area contributed by atoms with E-state index < -0.39 is 52.4 Å². The van der Waals surface area contributed by atoms with Gasteiger partial charge in [0.15, 0.2) is 17.4 Å². The normalized spacial score (nSPS) is 24.8. The first kappa shape index (κ1) is 34.6. The number of nitrogens with zero attached hydrogens (tertiary/aromatic N) is 3. The first-order valence-electron chi connectivity index (χ1n) is 7.09. The smallest absolute Gasteiger partial charge is 0.790 e. The van der Waals surface area contributed by atoms with Crippen LogP contribution in [0.5, 0.6) is 0 Å². The van der Waals surface area contributed by atoms with Crippen molar-refractivity contribution in [2.45, 2.75) is 24.5 Å². The number of aliphatic hydroxyl groups is 2. The summed E-state index contributed by atoms with van der Waals surface area (Å²) in [6.07, 6.45) is -3.84. The molecule has 0 amide bonds. The molecular formula is C10H13N4Na3O12P2. The van der Waals surface area contributed by atoms with Crippen LogP contribution in [0.3, 0.4) is 0 Å². The third-order valence-corrected chi connectivity index (χ3v) is 5.64. The van der Waals surface area contributed by atoms with Crippen molar-refractivity contribution in [2.75, 3.05) is 6.61 Å². The molecule has 1 fully saturated rings. The summed E-state index contributed by atoms with van der Waals surface area (Å²) in [6.45, 7) is -0.962. The molecule has 1 aliphatic heterocycles. The van der Waals surface area contributed by atoms with Crippen LogP contribution in [0.25, 0.3) is 11.2 Å². The van der Waals surface area contributed by atoms with Gasteiger partial charge in [0.2, 0.25) is 0 Å². The first-order chi connectivity index (χ1) is 12.5. The number of ether oxygens (including phenoxy) is 1. The van der Waals surface area contributed by atoms with Gasteiger partial charge in [-0.15, -0.1) is 0 Å². The molecule has 2 aromatic heterocycles. The number of phosphoric ester groups is 1. The summed E-state index contributed by atoms with van der Waals surface area (Å²) in [7, 11) is -11.4. The summed E-state index contributed by atoms with van der Waals surface area (Å²) in [5, 5.41) is 20.1. The van der Waals surface area contributed by atoms with Gasteiger partial charge in [0.1, 0.15) is 18.3 Å². The van der Waals surface area contributed by atoms with Crippen LogP contribution in [0.2, 0.25) is 0 Å². The predicted molar refractivity (Wildman–Crippen MR) is 79.9 cm³/mol. The molecule has 0 radical (unpaired) electrons. The molecule has 5 N–H and O–H groups in total. The number of aromatic amines is 1. The first-order valence-corrected chi connectivity index (χ1v) is 10.0. The van der Waals surface area contributed by atoms with Gasteiger partial charge in [0, 0.05) is 0 Å². The maximum atomic E-state index is 11.6. The molecule has 158 valence electrons. The standard InChI is InChI=1S/C10H14N4O11P2.3Na.H2O/c15-6-4(1-23-27(21,22)25-26(18,19)20)24-10(7(6)16)14-3-13-5-8(14)11-2-12-9(5)17;;;;/h2-4,6-7,10,15-16H,1H2,(H,21,22)(H,11,12,17)(H2,18,19,20);;;;1H2/q;3*+1;/p-3/t4-,6+,7?,10-;;;;/m1..../s1. The fourth-order valence-corrected chi connectivity index (χ4v) is 3.95. The van der Waals surface area contributed by atoms with Crippen molar-refractivity contribution in [2.24, 2.45) is 0 Å². The number of rotatable bonds is 6. The Morgan fingerprint density at radius 2 is 1.77 bits per heavy atom. The number of hydrogen-bond donors (Lipinski definition) is 3. The number of imidazole rings is 1. The van der Waals surface area contributed by atoms with Crippen LogP contribution in [0.1, 0.15) is 6.23 Å². The fraction of sp³-hybridized carbons (Fsp3) is 0.500. The summed E-state index contributed by atoms with van der Waals surface area (Å²) in [4.78, 5) is 53.6. The van der Waals surface area contributed by atoms with E-state index in [0.29, 0.717) is 0 Å². The van der Waals surface area contributed by atoms with Crippen LogP contribution in [-0.4, -0.2) is 60.1 Å². The summed E-state index contributed by atoms with van der Waals surface area (Å²) < 4.78 is 35.5. The van der Waals surface area contributed by atoms with Gasteiger partial charge in [-0.05, 0) is 0 Å². The quantitative estimate of drug-likeness (QED) is 0.240. The average Bonchev–Trinajstić information content (AvgIpc) is 3.07. The molecule has 0 aromatic carbocycles. The number of nitrogens with one attached hydrogen (secondary N) is 1. The van der Waals surface area contributed by atoms with E-state index in [2.05, 4.69) is 23.8 Å². The van der Waals surface area contributed by atoms with Gasteiger partial charge in [0.25, 0.3) is 13.4 Å². The summed E-state index contributed by atoms with van der Waals surface area (Å²) in [6, 6.07) is 0. The molecule has 5 atom stereocenters. The van der Waals surface area contributed by atoms with Crippen molar-refractivity contribution in [1.82, 2.24) is 19.5 Å². The molecule has 0 aliphatic carbocycles. The molecule has 1 saturated heterocycles. The third-order valence-electron chi connectivity index (χ3n) is 3.57. The molecule has 3 rings (SSSR count). The maximum Gasteiger partial charge on any atom is 1.00 e. The van der Waals surface area contributed by atoms with E-state index in [1.807, 2.05) is 0 Å². The van der Waals surface area contributed by atoms with Crippen LogP contribution in [-0.2, 0) is 22.7 Å². The zero-order valence-corrected chi connectivity index (χ0v) is 24.3. The van der Waals surface area contributed by atoms with E-state index in [9.17, 15) is 38.8 Å². The molecule has 1 aliphatic rings. The molecule has 21 heteroatoms. The molecule has 0 spiro atoms. The molecular weight excluding hydrogens is 499 g/mol. The Labute approximate surface area is 239 Å². The number of H-pyrrole nitrogens is 1. The average molecular weight is 512 g/mol. The number of aromatic nitrogens is 4. The minimum absolute atomic E-state index is 0. The van der Waals surface area contributed by atoms with Gasteiger partial charge in [0.05, 0.1) is 27.1 Å². The van der Waals surface area contributed by atoms with E-state index in [1.165, 1.54) is 0 Å². The van der Waals surface area contributed by atoms with Crippen molar-refractivity contribution >= 4 is 26.8 Å². The van der Waals surface area contributed by atoms with Crippen LogP contribution >= 0.6 is 15.6 Å².